The molecule has 7 nitrogen and oxygen atoms in total. The number of aromatic nitrogens is 4. The minimum absolute atomic E-state index is 0.00847. The number of hydrogen-bond donors (Lipinski definition) is 1. The zero-order valence-electron chi connectivity index (χ0n) is 15.1. The van der Waals surface area contributed by atoms with Gasteiger partial charge in [-0.3, -0.25) is 9.69 Å². The van der Waals surface area contributed by atoms with Crippen LogP contribution in [0, 0.1) is 13.8 Å². The molecule has 0 aliphatic carbocycles. The van der Waals surface area contributed by atoms with Gasteiger partial charge in [-0.2, -0.15) is 5.10 Å². The lowest BCUT2D eigenvalue weighted by atomic mass is 10.2. The second kappa shape index (κ2) is 6.39. The van der Waals surface area contributed by atoms with Gasteiger partial charge < -0.3 is 9.88 Å². The van der Waals surface area contributed by atoms with Gasteiger partial charge in [0.2, 0.25) is 5.91 Å². The number of aryl methyl sites for hydroxylation is 1. The highest BCUT2D eigenvalue weighted by Gasteiger charge is 2.28. The molecule has 1 N–H and O–H groups in total. The van der Waals surface area contributed by atoms with Gasteiger partial charge in [-0.25, -0.2) is 9.67 Å². The Morgan fingerprint density at radius 1 is 1.25 bits per heavy atom. The quantitative estimate of drug-likeness (QED) is 0.932. The largest absolute Gasteiger partial charge is 0.330 e. The molecular weight excluding hydrogens is 304 g/mol. The van der Waals surface area contributed by atoms with Gasteiger partial charge in [0.15, 0.2) is 0 Å². The summed E-state index contributed by atoms with van der Waals surface area (Å²) < 4.78 is 4.07. The van der Waals surface area contributed by atoms with Gasteiger partial charge in [0.25, 0.3) is 0 Å². The number of rotatable bonds is 4. The third-order valence-corrected chi connectivity index (χ3v) is 4.83. The fourth-order valence-corrected chi connectivity index (χ4v) is 3.18. The van der Waals surface area contributed by atoms with Crippen molar-refractivity contribution in [2.75, 3.05) is 11.9 Å². The third kappa shape index (κ3) is 2.96. The summed E-state index contributed by atoms with van der Waals surface area (Å²) in [5, 5.41) is 7.26. The molecule has 130 valence electrons. The molecule has 0 spiro atoms. The van der Waals surface area contributed by atoms with Crippen LogP contribution in [0.4, 0.5) is 5.82 Å². The van der Waals surface area contributed by atoms with E-state index >= 15 is 0 Å². The molecule has 2 aromatic rings. The number of nitrogens with zero attached hydrogens (tertiary/aromatic N) is 5. The average molecular weight is 330 g/mol. The average Bonchev–Trinajstić information content (AvgIpc) is 3.11. The lowest BCUT2D eigenvalue weighted by Gasteiger charge is -2.32. The lowest BCUT2D eigenvalue weighted by Crippen LogP contribution is -2.46. The van der Waals surface area contributed by atoms with Gasteiger partial charge in [0.1, 0.15) is 11.6 Å². The lowest BCUT2D eigenvalue weighted by molar-refractivity contribution is -0.121. The molecule has 0 radical (unpaired) electrons. The fourth-order valence-electron chi connectivity index (χ4n) is 3.18. The van der Waals surface area contributed by atoms with Crippen LogP contribution in [0.1, 0.15) is 44.0 Å². The topological polar surface area (TPSA) is 68.0 Å². The van der Waals surface area contributed by atoms with Crippen molar-refractivity contribution >= 4 is 11.7 Å². The number of imidazole rings is 1. The second-order valence-corrected chi connectivity index (χ2v) is 6.74. The van der Waals surface area contributed by atoms with E-state index in [-0.39, 0.29) is 18.0 Å². The fraction of sp³-hybridized carbons (Fsp3) is 0.588. The molecule has 1 aliphatic rings. The van der Waals surface area contributed by atoms with Crippen molar-refractivity contribution < 1.29 is 4.79 Å². The van der Waals surface area contributed by atoms with Crippen molar-refractivity contribution in [3.8, 4) is 0 Å². The minimum atomic E-state index is -0.216. The van der Waals surface area contributed by atoms with Gasteiger partial charge in [-0.1, -0.05) is 0 Å². The minimum Gasteiger partial charge on any atom is -0.330 e. The van der Waals surface area contributed by atoms with Crippen molar-refractivity contribution in [1.82, 2.24) is 24.2 Å². The number of carbonyl (C=O) groups is 1. The zero-order chi connectivity index (χ0) is 17.4. The van der Waals surface area contributed by atoms with E-state index in [1.54, 1.807) is 6.20 Å². The maximum atomic E-state index is 12.6. The third-order valence-electron chi connectivity index (χ3n) is 4.83. The van der Waals surface area contributed by atoms with Crippen LogP contribution in [-0.4, -0.2) is 42.7 Å². The number of fused-ring (bicyclic) bond motifs is 1. The number of amides is 1. The van der Waals surface area contributed by atoms with Crippen molar-refractivity contribution in [3.05, 3.63) is 29.5 Å². The molecule has 0 saturated heterocycles. The summed E-state index contributed by atoms with van der Waals surface area (Å²) in [4.78, 5) is 19.5. The zero-order valence-corrected chi connectivity index (χ0v) is 15.1. The highest BCUT2D eigenvalue weighted by Crippen LogP contribution is 2.20. The van der Waals surface area contributed by atoms with Gasteiger partial charge in [-0.15, -0.1) is 0 Å². The summed E-state index contributed by atoms with van der Waals surface area (Å²) in [6, 6.07) is 1.82. The maximum absolute atomic E-state index is 12.6. The van der Waals surface area contributed by atoms with Crippen LogP contribution in [0.25, 0.3) is 0 Å². The molecule has 0 fully saturated rings. The Balaban J connectivity index is 1.69. The van der Waals surface area contributed by atoms with Crippen molar-refractivity contribution in [3.63, 3.8) is 0 Å². The molecule has 3 rings (SSSR count). The highest BCUT2D eigenvalue weighted by atomic mass is 16.2. The van der Waals surface area contributed by atoms with Crippen LogP contribution >= 0.6 is 0 Å². The summed E-state index contributed by atoms with van der Waals surface area (Å²) in [6.07, 6.45) is 1.71. The van der Waals surface area contributed by atoms with E-state index in [0.29, 0.717) is 6.54 Å². The van der Waals surface area contributed by atoms with Crippen molar-refractivity contribution in [1.29, 1.82) is 0 Å². The Kier molecular flexibility index (Phi) is 4.45. The SMILES string of the molecule is Cc1nc2n(c1C)CCN([C@@H](C)C(=O)Nc1ccnn1C(C)C)C2. The predicted octanol–water partition coefficient (Wildman–Crippen LogP) is 2.12. The molecule has 0 unspecified atom stereocenters. The smallest absolute Gasteiger partial charge is 0.242 e. The van der Waals surface area contributed by atoms with E-state index in [4.69, 9.17) is 0 Å². The van der Waals surface area contributed by atoms with E-state index < -0.39 is 0 Å². The van der Waals surface area contributed by atoms with E-state index in [1.807, 2.05) is 38.4 Å². The molecule has 24 heavy (non-hydrogen) atoms. The van der Waals surface area contributed by atoms with E-state index in [2.05, 4.69) is 31.8 Å². The van der Waals surface area contributed by atoms with Crippen LogP contribution in [-0.2, 0) is 17.9 Å². The van der Waals surface area contributed by atoms with Crippen LogP contribution < -0.4 is 5.32 Å². The van der Waals surface area contributed by atoms with E-state index in [1.165, 1.54) is 5.69 Å². The first-order valence-corrected chi connectivity index (χ1v) is 8.49. The Morgan fingerprint density at radius 2 is 2.00 bits per heavy atom. The van der Waals surface area contributed by atoms with Gasteiger partial charge in [0, 0.05) is 30.9 Å². The Hall–Kier alpha value is -2.15. The molecule has 1 aliphatic heterocycles. The predicted molar refractivity (Wildman–Crippen MR) is 92.8 cm³/mol. The molecule has 1 atom stereocenters. The summed E-state index contributed by atoms with van der Waals surface area (Å²) in [7, 11) is 0. The highest BCUT2D eigenvalue weighted by molar-refractivity contribution is 5.93. The molecular formula is C17H26N6O. The summed E-state index contributed by atoms with van der Waals surface area (Å²) in [5.74, 6) is 1.78. The molecule has 0 saturated carbocycles. The van der Waals surface area contributed by atoms with Crippen LogP contribution in [0.3, 0.4) is 0 Å². The molecule has 1 amide bonds. The number of carbonyl (C=O) groups excluding carboxylic acids is 1. The molecule has 0 aromatic carbocycles. The monoisotopic (exact) mass is 330 g/mol. The summed E-state index contributed by atoms with van der Waals surface area (Å²) in [5.41, 5.74) is 2.30. The van der Waals surface area contributed by atoms with Crippen LogP contribution in [0.5, 0.6) is 0 Å². The van der Waals surface area contributed by atoms with E-state index in [9.17, 15) is 4.79 Å². The summed E-state index contributed by atoms with van der Waals surface area (Å²) in [6.45, 7) is 12.6. The van der Waals surface area contributed by atoms with E-state index in [0.717, 1.165) is 30.4 Å². The normalized spacial score (nSPS) is 16.2. The number of anilines is 1. The first-order valence-electron chi connectivity index (χ1n) is 8.49. The Morgan fingerprint density at radius 3 is 2.71 bits per heavy atom. The number of nitrogens with one attached hydrogen (secondary N) is 1. The molecule has 7 heteroatoms. The standard InChI is InChI=1S/C17H26N6O/c1-11(2)23-15(6-7-18-23)20-17(24)14(5)21-8-9-22-13(4)12(3)19-16(22)10-21/h6-7,11,14H,8-10H2,1-5H3,(H,20,24)/t14-/m0/s1. The van der Waals surface area contributed by atoms with Crippen LogP contribution in [0.2, 0.25) is 0 Å². The maximum Gasteiger partial charge on any atom is 0.242 e. The van der Waals surface area contributed by atoms with Gasteiger partial charge in [0.05, 0.1) is 24.5 Å². The molecule has 0 bridgehead atoms. The van der Waals surface area contributed by atoms with Crippen molar-refractivity contribution in [2.24, 2.45) is 0 Å². The van der Waals surface area contributed by atoms with Crippen molar-refractivity contribution in [2.45, 2.75) is 59.8 Å². The van der Waals surface area contributed by atoms with Gasteiger partial charge >= 0.3 is 0 Å². The first kappa shape index (κ1) is 16.7. The second-order valence-electron chi connectivity index (χ2n) is 6.74. The first-order chi connectivity index (χ1) is 11.4. The molecule has 2 aromatic heterocycles. The number of hydrogen-bond acceptors (Lipinski definition) is 4. The van der Waals surface area contributed by atoms with Gasteiger partial charge in [-0.05, 0) is 34.6 Å². The Labute approximate surface area is 142 Å². The van der Waals surface area contributed by atoms with Crippen LogP contribution in [0.15, 0.2) is 12.3 Å². The summed E-state index contributed by atoms with van der Waals surface area (Å²) >= 11 is 0. The molecule has 3 heterocycles. The Bertz CT molecular complexity index is 744.